The SMILES string of the molecule is CNC1CC(C)CCC1C(C)(C)c1cc(C)ccc1C. The van der Waals surface area contributed by atoms with Crippen molar-refractivity contribution in [2.75, 3.05) is 7.05 Å². The summed E-state index contributed by atoms with van der Waals surface area (Å²) in [5, 5.41) is 3.59. The summed E-state index contributed by atoms with van der Waals surface area (Å²) in [4.78, 5) is 0. The highest BCUT2D eigenvalue weighted by Gasteiger charge is 2.39. The number of aryl methyl sites for hydroxylation is 2. The van der Waals surface area contributed by atoms with Crippen molar-refractivity contribution in [2.45, 2.75) is 65.3 Å². The molecule has 1 aromatic rings. The Kier molecular flexibility index (Phi) is 4.59. The van der Waals surface area contributed by atoms with Crippen molar-refractivity contribution in [1.82, 2.24) is 5.32 Å². The fraction of sp³-hybridized carbons (Fsp3) is 0.684. The van der Waals surface area contributed by atoms with Crippen LogP contribution < -0.4 is 5.32 Å². The maximum Gasteiger partial charge on any atom is 0.0103 e. The quantitative estimate of drug-likeness (QED) is 0.848. The van der Waals surface area contributed by atoms with Crippen LogP contribution in [-0.2, 0) is 5.41 Å². The lowest BCUT2D eigenvalue weighted by molar-refractivity contribution is 0.151. The van der Waals surface area contributed by atoms with Crippen LogP contribution in [0, 0.1) is 25.7 Å². The Morgan fingerprint density at radius 3 is 2.50 bits per heavy atom. The molecule has 3 unspecified atom stereocenters. The highest BCUT2D eigenvalue weighted by Crippen LogP contribution is 2.43. The molecule has 0 heterocycles. The normalized spacial score (nSPS) is 27.6. The summed E-state index contributed by atoms with van der Waals surface area (Å²) in [6.07, 6.45) is 4.03. The molecule has 1 nitrogen and oxygen atoms in total. The van der Waals surface area contributed by atoms with Crippen molar-refractivity contribution in [3.05, 3.63) is 34.9 Å². The maximum absolute atomic E-state index is 3.59. The zero-order valence-electron chi connectivity index (χ0n) is 14.1. The average molecular weight is 273 g/mol. The van der Waals surface area contributed by atoms with Gasteiger partial charge in [-0.3, -0.25) is 0 Å². The highest BCUT2D eigenvalue weighted by molar-refractivity contribution is 5.37. The van der Waals surface area contributed by atoms with E-state index >= 15 is 0 Å². The van der Waals surface area contributed by atoms with E-state index in [1.165, 1.54) is 36.0 Å². The van der Waals surface area contributed by atoms with Gasteiger partial charge in [0.05, 0.1) is 0 Å². The molecule has 1 aliphatic carbocycles. The first-order valence-corrected chi connectivity index (χ1v) is 8.11. The molecule has 0 amide bonds. The topological polar surface area (TPSA) is 12.0 Å². The Morgan fingerprint density at radius 2 is 1.85 bits per heavy atom. The van der Waals surface area contributed by atoms with E-state index in [9.17, 15) is 0 Å². The zero-order chi connectivity index (χ0) is 14.9. The summed E-state index contributed by atoms with van der Waals surface area (Å²) in [5.74, 6) is 1.59. The van der Waals surface area contributed by atoms with E-state index in [4.69, 9.17) is 0 Å². The van der Waals surface area contributed by atoms with E-state index in [1.54, 1.807) is 0 Å². The van der Waals surface area contributed by atoms with E-state index < -0.39 is 0 Å². The number of nitrogens with one attached hydrogen (secondary N) is 1. The number of benzene rings is 1. The molecule has 3 atom stereocenters. The van der Waals surface area contributed by atoms with Gasteiger partial charge in [-0.25, -0.2) is 0 Å². The van der Waals surface area contributed by atoms with Gasteiger partial charge in [-0.1, -0.05) is 51.0 Å². The monoisotopic (exact) mass is 273 g/mol. The lowest BCUT2D eigenvalue weighted by atomic mass is 9.63. The Balaban J connectivity index is 2.35. The van der Waals surface area contributed by atoms with Crippen molar-refractivity contribution in [3.63, 3.8) is 0 Å². The predicted octanol–water partition coefficient (Wildman–Crippen LogP) is 4.61. The van der Waals surface area contributed by atoms with Crippen LogP contribution in [0.5, 0.6) is 0 Å². The number of hydrogen-bond donors (Lipinski definition) is 1. The van der Waals surface area contributed by atoms with Crippen LogP contribution in [0.25, 0.3) is 0 Å². The fourth-order valence-corrected chi connectivity index (χ4v) is 4.19. The second-order valence-electron chi connectivity index (χ2n) is 7.46. The Bertz CT molecular complexity index is 461. The van der Waals surface area contributed by atoms with Crippen molar-refractivity contribution in [1.29, 1.82) is 0 Å². The number of rotatable bonds is 3. The van der Waals surface area contributed by atoms with Gasteiger partial charge in [-0.2, -0.15) is 0 Å². The predicted molar refractivity (Wildman–Crippen MR) is 88.3 cm³/mol. The fourth-order valence-electron chi connectivity index (χ4n) is 4.19. The summed E-state index contributed by atoms with van der Waals surface area (Å²) in [6.45, 7) is 11.7. The summed E-state index contributed by atoms with van der Waals surface area (Å²) < 4.78 is 0. The zero-order valence-corrected chi connectivity index (χ0v) is 14.1. The molecule has 0 saturated heterocycles. The first kappa shape index (κ1) is 15.6. The highest BCUT2D eigenvalue weighted by atomic mass is 14.9. The van der Waals surface area contributed by atoms with Gasteiger partial charge < -0.3 is 5.32 Å². The van der Waals surface area contributed by atoms with E-state index in [1.807, 2.05) is 0 Å². The molecular formula is C19H31N. The number of hydrogen-bond acceptors (Lipinski definition) is 1. The molecule has 20 heavy (non-hydrogen) atoms. The molecule has 112 valence electrons. The molecule has 1 saturated carbocycles. The molecule has 0 spiro atoms. The molecule has 0 bridgehead atoms. The standard InChI is InChI=1S/C19H31N/c1-13-7-9-15(3)17(11-13)19(4,5)16-10-8-14(2)12-18(16)20-6/h7,9,11,14,16,18,20H,8,10,12H2,1-6H3. The van der Waals surface area contributed by atoms with Gasteiger partial charge in [0.1, 0.15) is 0 Å². The largest absolute Gasteiger partial charge is 0.317 e. The second-order valence-corrected chi connectivity index (χ2v) is 7.46. The maximum atomic E-state index is 3.59. The van der Waals surface area contributed by atoms with Crippen LogP contribution in [0.3, 0.4) is 0 Å². The Labute approximate surface area is 125 Å². The molecule has 1 aromatic carbocycles. The van der Waals surface area contributed by atoms with Crippen LogP contribution in [0.4, 0.5) is 0 Å². The van der Waals surface area contributed by atoms with E-state index in [2.05, 4.69) is 65.2 Å². The van der Waals surface area contributed by atoms with Gasteiger partial charge in [0.2, 0.25) is 0 Å². The summed E-state index contributed by atoms with van der Waals surface area (Å²) in [6, 6.07) is 7.56. The van der Waals surface area contributed by atoms with Crippen LogP contribution in [0.1, 0.15) is 56.7 Å². The molecule has 1 fully saturated rings. The molecule has 0 aliphatic heterocycles. The minimum atomic E-state index is 0.240. The molecule has 1 N–H and O–H groups in total. The molecular weight excluding hydrogens is 242 g/mol. The van der Waals surface area contributed by atoms with Gasteiger partial charge in [-0.05, 0) is 62.1 Å². The van der Waals surface area contributed by atoms with Crippen molar-refractivity contribution < 1.29 is 0 Å². The third-order valence-corrected chi connectivity index (χ3v) is 5.50. The Hall–Kier alpha value is -0.820. The third-order valence-electron chi connectivity index (χ3n) is 5.50. The first-order chi connectivity index (χ1) is 9.36. The molecule has 0 aromatic heterocycles. The third kappa shape index (κ3) is 2.93. The van der Waals surface area contributed by atoms with E-state index in [0.717, 1.165) is 11.8 Å². The van der Waals surface area contributed by atoms with Gasteiger partial charge >= 0.3 is 0 Å². The smallest absolute Gasteiger partial charge is 0.0103 e. The molecule has 1 aliphatic rings. The van der Waals surface area contributed by atoms with Crippen LogP contribution >= 0.6 is 0 Å². The first-order valence-electron chi connectivity index (χ1n) is 8.11. The average Bonchev–Trinajstić information content (AvgIpc) is 2.40. The Morgan fingerprint density at radius 1 is 1.15 bits per heavy atom. The summed E-state index contributed by atoms with van der Waals surface area (Å²) >= 11 is 0. The molecule has 0 radical (unpaired) electrons. The molecule has 1 heteroatoms. The minimum absolute atomic E-state index is 0.240. The minimum Gasteiger partial charge on any atom is -0.317 e. The van der Waals surface area contributed by atoms with Gasteiger partial charge in [0.15, 0.2) is 0 Å². The van der Waals surface area contributed by atoms with Gasteiger partial charge in [-0.15, -0.1) is 0 Å². The van der Waals surface area contributed by atoms with E-state index in [-0.39, 0.29) is 5.41 Å². The molecule has 2 rings (SSSR count). The summed E-state index contributed by atoms with van der Waals surface area (Å²) in [5.41, 5.74) is 4.60. The van der Waals surface area contributed by atoms with Crippen LogP contribution in [0.2, 0.25) is 0 Å². The van der Waals surface area contributed by atoms with Crippen molar-refractivity contribution >= 4 is 0 Å². The van der Waals surface area contributed by atoms with Gasteiger partial charge in [0, 0.05) is 6.04 Å². The van der Waals surface area contributed by atoms with Crippen molar-refractivity contribution in [3.8, 4) is 0 Å². The van der Waals surface area contributed by atoms with Crippen LogP contribution in [0.15, 0.2) is 18.2 Å². The second kappa shape index (κ2) is 5.89. The summed E-state index contributed by atoms with van der Waals surface area (Å²) in [7, 11) is 2.13. The van der Waals surface area contributed by atoms with Crippen LogP contribution in [-0.4, -0.2) is 13.1 Å². The van der Waals surface area contributed by atoms with E-state index in [0.29, 0.717) is 6.04 Å². The lowest BCUT2D eigenvalue weighted by Gasteiger charge is -2.45. The lowest BCUT2D eigenvalue weighted by Crippen LogP contribution is -2.47. The van der Waals surface area contributed by atoms with Crippen molar-refractivity contribution in [2.24, 2.45) is 11.8 Å². The van der Waals surface area contributed by atoms with Gasteiger partial charge in [0.25, 0.3) is 0 Å².